The van der Waals surface area contributed by atoms with Crippen LogP contribution < -0.4 is 5.84 Å². The topological polar surface area (TPSA) is 48.8 Å². The van der Waals surface area contributed by atoms with Gasteiger partial charge in [-0.15, -0.1) is 0 Å². The van der Waals surface area contributed by atoms with E-state index in [1.54, 1.807) is 18.7 Å². The molecule has 1 rings (SSSR count). The quantitative estimate of drug-likeness (QED) is 0.411. The van der Waals surface area contributed by atoms with Crippen molar-refractivity contribution >= 4 is 12.2 Å². The molecular formula is C4H8N4S. The number of nitrogens with zero attached hydrogens (tertiary/aromatic N) is 3. The normalized spacial score (nSPS) is 10.0. The number of aromatic nitrogens is 3. The predicted molar refractivity (Wildman–Crippen MR) is 36.9 cm³/mol. The van der Waals surface area contributed by atoms with E-state index in [-0.39, 0.29) is 0 Å². The maximum Gasteiger partial charge on any atom is 0.216 e. The van der Waals surface area contributed by atoms with E-state index >= 15 is 0 Å². The summed E-state index contributed by atoms with van der Waals surface area (Å²) in [6, 6.07) is 0. The van der Waals surface area contributed by atoms with Crippen molar-refractivity contribution < 1.29 is 0 Å². The van der Waals surface area contributed by atoms with Crippen molar-refractivity contribution in [2.75, 3.05) is 5.84 Å². The maximum absolute atomic E-state index is 5.43. The van der Waals surface area contributed by atoms with Gasteiger partial charge >= 0.3 is 0 Å². The van der Waals surface area contributed by atoms with Crippen LogP contribution in [0, 0.1) is 11.7 Å². The van der Waals surface area contributed by atoms with Crippen molar-refractivity contribution in [3.63, 3.8) is 0 Å². The summed E-state index contributed by atoms with van der Waals surface area (Å²) in [7, 11) is 1.76. The molecule has 0 atom stereocenters. The summed E-state index contributed by atoms with van der Waals surface area (Å²) in [6.07, 6.45) is 0. The van der Waals surface area contributed by atoms with Crippen LogP contribution in [0.15, 0.2) is 0 Å². The van der Waals surface area contributed by atoms with Crippen LogP contribution in [0.5, 0.6) is 0 Å². The van der Waals surface area contributed by atoms with Gasteiger partial charge in [-0.2, -0.15) is 5.10 Å². The molecule has 0 radical (unpaired) electrons. The lowest BCUT2D eigenvalue weighted by molar-refractivity contribution is 0.742. The highest BCUT2D eigenvalue weighted by Gasteiger charge is 1.96. The van der Waals surface area contributed by atoms with Gasteiger partial charge in [-0.1, -0.05) is 0 Å². The zero-order valence-corrected chi connectivity index (χ0v) is 6.14. The Labute approximate surface area is 57.9 Å². The molecule has 0 saturated carbocycles. The molecule has 0 aromatic carbocycles. The summed E-state index contributed by atoms with van der Waals surface area (Å²) in [5.74, 6) is 6.16. The van der Waals surface area contributed by atoms with Crippen LogP contribution in [0.1, 0.15) is 5.82 Å². The summed E-state index contributed by atoms with van der Waals surface area (Å²) in [5, 5.41) is 3.96. The SMILES string of the molecule is Cc1nn(C)c(=S)n1N. The molecule has 0 bridgehead atoms. The zero-order chi connectivity index (χ0) is 7.02. The molecule has 0 fully saturated rings. The fourth-order valence-electron chi connectivity index (χ4n) is 0.602. The maximum atomic E-state index is 5.43. The molecule has 0 unspecified atom stereocenters. The molecule has 0 spiro atoms. The van der Waals surface area contributed by atoms with Gasteiger partial charge in [-0.25, -0.2) is 9.36 Å². The Bertz CT molecular complexity index is 271. The molecule has 5 heteroatoms. The van der Waals surface area contributed by atoms with Crippen LogP contribution in [0.2, 0.25) is 0 Å². The Hall–Kier alpha value is -0.840. The van der Waals surface area contributed by atoms with Crippen LogP contribution in [0.3, 0.4) is 0 Å². The lowest BCUT2D eigenvalue weighted by Crippen LogP contribution is -2.10. The first kappa shape index (κ1) is 6.28. The second-order valence-electron chi connectivity index (χ2n) is 1.82. The van der Waals surface area contributed by atoms with Crippen molar-refractivity contribution in [3.05, 3.63) is 10.6 Å². The Morgan fingerprint density at radius 2 is 2.22 bits per heavy atom. The zero-order valence-electron chi connectivity index (χ0n) is 5.33. The Balaban J connectivity index is 3.48. The van der Waals surface area contributed by atoms with Crippen LogP contribution in [-0.2, 0) is 7.05 Å². The summed E-state index contributed by atoms with van der Waals surface area (Å²) >= 11 is 4.85. The molecule has 9 heavy (non-hydrogen) atoms. The highest BCUT2D eigenvalue weighted by Crippen LogP contribution is 1.90. The van der Waals surface area contributed by atoms with Gasteiger partial charge in [0.1, 0.15) is 5.82 Å². The Kier molecular flexibility index (Phi) is 1.28. The van der Waals surface area contributed by atoms with Gasteiger partial charge in [0.15, 0.2) is 0 Å². The first-order valence-corrected chi connectivity index (χ1v) is 2.91. The van der Waals surface area contributed by atoms with Crippen LogP contribution in [-0.4, -0.2) is 14.5 Å². The molecule has 1 aromatic rings. The first-order chi connectivity index (χ1) is 4.13. The minimum Gasteiger partial charge on any atom is -0.335 e. The minimum atomic E-state index is 0.535. The number of aryl methyl sites for hydroxylation is 2. The van der Waals surface area contributed by atoms with Gasteiger partial charge in [-0.05, 0) is 19.1 Å². The molecule has 1 aromatic heterocycles. The summed E-state index contributed by atoms with van der Waals surface area (Å²) < 4.78 is 3.47. The van der Waals surface area contributed by atoms with E-state index in [9.17, 15) is 0 Å². The smallest absolute Gasteiger partial charge is 0.216 e. The van der Waals surface area contributed by atoms with Crippen LogP contribution in [0.25, 0.3) is 0 Å². The van der Waals surface area contributed by atoms with Crippen molar-refractivity contribution in [1.29, 1.82) is 0 Å². The molecule has 0 saturated heterocycles. The van der Waals surface area contributed by atoms with E-state index in [2.05, 4.69) is 5.10 Å². The average molecular weight is 144 g/mol. The monoisotopic (exact) mass is 144 g/mol. The molecular weight excluding hydrogens is 136 g/mol. The molecule has 0 aliphatic carbocycles. The second-order valence-corrected chi connectivity index (χ2v) is 2.19. The van der Waals surface area contributed by atoms with Gasteiger partial charge in [0.2, 0.25) is 4.77 Å². The van der Waals surface area contributed by atoms with Crippen molar-refractivity contribution in [3.8, 4) is 0 Å². The third kappa shape index (κ3) is 0.829. The average Bonchev–Trinajstić information content (AvgIpc) is 1.98. The lowest BCUT2D eigenvalue weighted by atomic mass is 10.7. The number of hydrogen-bond donors (Lipinski definition) is 1. The van der Waals surface area contributed by atoms with E-state index in [1.165, 1.54) is 4.68 Å². The third-order valence-corrected chi connectivity index (χ3v) is 1.59. The Morgan fingerprint density at radius 1 is 1.67 bits per heavy atom. The third-order valence-electron chi connectivity index (χ3n) is 1.13. The highest BCUT2D eigenvalue weighted by atomic mass is 32.1. The minimum absolute atomic E-state index is 0.535. The van der Waals surface area contributed by atoms with Gasteiger partial charge < -0.3 is 5.84 Å². The van der Waals surface area contributed by atoms with E-state index in [0.29, 0.717) is 4.77 Å². The molecule has 50 valence electrons. The van der Waals surface area contributed by atoms with Gasteiger partial charge in [0.05, 0.1) is 0 Å². The molecule has 1 heterocycles. The second kappa shape index (κ2) is 1.84. The largest absolute Gasteiger partial charge is 0.335 e. The van der Waals surface area contributed by atoms with Gasteiger partial charge in [-0.3, -0.25) is 0 Å². The van der Waals surface area contributed by atoms with Crippen LogP contribution in [0.4, 0.5) is 0 Å². The number of nitrogen functional groups attached to an aromatic ring is 1. The molecule has 2 N–H and O–H groups in total. The molecule has 4 nitrogen and oxygen atoms in total. The summed E-state index contributed by atoms with van der Waals surface area (Å²) in [6.45, 7) is 1.80. The Morgan fingerprint density at radius 3 is 2.33 bits per heavy atom. The lowest BCUT2D eigenvalue weighted by Gasteiger charge is -1.87. The highest BCUT2D eigenvalue weighted by molar-refractivity contribution is 7.71. The van der Waals surface area contributed by atoms with E-state index < -0.39 is 0 Å². The first-order valence-electron chi connectivity index (χ1n) is 2.50. The van der Waals surface area contributed by atoms with E-state index in [0.717, 1.165) is 5.82 Å². The van der Waals surface area contributed by atoms with Crippen molar-refractivity contribution in [1.82, 2.24) is 14.5 Å². The van der Waals surface area contributed by atoms with E-state index in [1.807, 2.05) is 0 Å². The summed E-state index contributed by atoms with van der Waals surface area (Å²) in [4.78, 5) is 0. The number of rotatable bonds is 0. The van der Waals surface area contributed by atoms with E-state index in [4.69, 9.17) is 18.1 Å². The fourth-order valence-corrected chi connectivity index (χ4v) is 0.775. The number of hydrogen-bond acceptors (Lipinski definition) is 3. The summed E-state index contributed by atoms with van der Waals surface area (Å²) in [5.41, 5.74) is 0. The standard InChI is InChI=1S/C4H8N4S/c1-3-6-7(2)4(9)8(3)5/h5H2,1-2H3. The van der Waals surface area contributed by atoms with Gasteiger partial charge in [0.25, 0.3) is 0 Å². The van der Waals surface area contributed by atoms with Crippen LogP contribution >= 0.6 is 12.2 Å². The fraction of sp³-hybridized carbons (Fsp3) is 0.500. The van der Waals surface area contributed by atoms with Crippen molar-refractivity contribution in [2.45, 2.75) is 6.92 Å². The molecule has 0 amide bonds. The number of nitrogens with two attached hydrogens (primary N) is 1. The van der Waals surface area contributed by atoms with Gasteiger partial charge in [0, 0.05) is 7.05 Å². The molecule has 0 aliphatic rings. The molecule has 0 aliphatic heterocycles. The predicted octanol–water partition coefficient (Wildman–Crippen LogP) is -0.0267. The van der Waals surface area contributed by atoms with Crippen molar-refractivity contribution in [2.24, 2.45) is 7.05 Å².